The summed E-state index contributed by atoms with van der Waals surface area (Å²) in [6, 6.07) is 31.7. The summed E-state index contributed by atoms with van der Waals surface area (Å²) in [5.41, 5.74) is 6.92. The second kappa shape index (κ2) is 6.29. The molecule has 5 aromatic carbocycles. The first-order chi connectivity index (χ1) is 15.3. The zero-order valence-corrected chi connectivity index (χ0v) is 18.1. The third-order valence-electron chi connectivity index (χ3n) is 6.84. The van der Waals surface area contributed by atoms with E-state index >= 15 is 0 Å². The summed E-state index contributed by atoms with van der Waals surface area (Å²) in [4.78, 5) is 0. The van der Waals surface area contributed by atoms with Crippen LogP contribution in [0.25, 0.3) is 47.3 Å². The van der Waals surface area contributed by atoms with Gasteiger partial charge in [-0.3, -0.25) is 0 Å². The number of aryl methyl sites for hydroxylation is 1. The van der Waals surface area contributed by atoms with E-state index in [0.29, 0.717) is 0 Å². The Labute approximate surface area is 185 Å². The quantitative estimate of drug-likeness (QED) is 0.253. The van der Waals surface area contributed by atoms with Gasteiger partial charge in [-0.15, -0.1) is 11.3 Å². The molecule has 0 aliphatic heterocycles. The fraction of sp³-hybridized carbons (Fsp3) is 0.0667. The molecule has 0 nitrogen and oxygen atoms in total. The molecule has 0 spiro atoms. The van der Waals surface area contributed by atoms with Crippen LogP contribution in [0.3, 0.4) is 0 Å². The lowest BCUT2D eigenvalue weighted by Crippen LogP contribution is -2.01. The average molecular weight is 413 g/mol. The molecule has 0 bridgehead atoms. The van der Waals surface area contributed by atoms with Gasteiger partial charge in [0.2, 0.25) is 0 Å². The monoisotopic (exact) mass is 412 g/mol. The summed E-state index contributed by atoms with van der Waals surface area (Å²) in [7, 11) is 0. The van der Waals surface area contributed by atoms with Crippen molar-refractivity contribution in [1.29, 1.82) is 0 Å². The first kappa shape index (κ1) is 17.3. The van der Waals surface area contributed by atoms with Crippen LogP contribution in [0.5, 0.6) is 0 Å². The summed E-state index contributed by atoms with van der Waals surface area (Å²) in [6.07, 6.45) is 3.43. The molecule has 1 aromatic heterocycles. The molecule has 7 rings (SSSR count). The molecule has 0 saturated carbocycles. The summed E-state index contributed by atoms with van der Waals surface area (Å²) in [5, 5.41) is 8.14. The molecule has 146 valence electrons. The fourth-order valence-electron chi connectivity index (χ4n) is 5.26. The number of benzene rings is 5. The Bertz CT molecular complexity index is 1710. The van der Waals surface area contributed by atoms with Gasteiger partial charge in [-0.2, -0.15) is 0 Å². The van der Waals surface area contributed by atoms with Gasteiger partial charge in [-0.05, 0) is 87.0 Å². The lowest BCUT2D eigenvalue weighted by molar-refractivity contribution is 1.22. The van der Waals surface area contributed by atoms with Crippen molar-refractivity contribution in [2.45, 2.75) is 13.3 Å². The highest BCUT2D eigenvalue weighted by atomic mass is 32.1. The van der Waals surface area contributed by atoms with Gasteiger partial charge < -0.3 is 0 Å². The zero-order valence-electron chi connectivity index (χ0n) is 17.3. The highest BCUT2D eigenvalue weighted by molar-refractivity contribution is 7.25. The predicted octanol–water partition coefficient (Wildman–Crippen LogP) is 8.66. The molecule has 1 heterocycles. The van der Waals surface area contributed by atoms with Crippen molar-refractivity contribution >= 4 is 58.6 Å². The van der Waals surface area contributed by atoms with E-state index in [1.165, 1.54) is 69.5 Å². The van der Waals surface area contributed by atoms with Crippen LogP contribution in [0.4, 0.5) is 0 Å². The molecule has 0 saturated heterocycles. The third kappa shape index (κ3) is 2.47. The van der Waals surface area contributed by atoms with E-state index in [0.717, 1.165) is 6.42 Å². The molecule has 0 fully saturated rings. The highest BCUT2D eigenvalue weighted by Crippen LogP contribution is 2.41. The van der Waals surface area contributed by atoms with Gasteiger partial charge >= 0.3 is 0 Å². The average Bonchev–Trinajstić information content (AvgIpc) is 3.16. The van der Waals surface area contributed by atoms with E-state index < -0.39 is 0 Å². The number of thiophene rings is 1. The van der Waals surface area contributed by atoms with Crippen LogP contribution >= 0.6 is 11.3 Å². The van der Waals surface area contributed by atoms with Crippen LogP contribution in [0.15, 0.2) is 91.0 Å². The Balaban J connectivity index is 1.48. The Hall–Kier alpha value is -3.42. The van der Waals surface area contributed by atoms with Crippen LogP contribution in [0, 0.1) is 6.92 Å². The van der Waals surface area contributed by atoms with E-state index in [2.05, 4.69) is 97.9 Å². The van der Waals surface area contributed by atoms with Crippen LogP contribution in [0.1, 0.15) is 22.3 Å². The lowest BCUT2D eigenvalue weighted by Gasteiger charge is -2.21. The van der Waals surface area contributed by atoms with Crippen LogP contribution in [-0.2, 0) is 6.42 Å². The van der Waals surface area contributed by atoms with E-state index in [9.17, 15) is 0 Å². The van der Waals surface area contributed by atoms with E-state index in [1.807, 2.05) is 11.3 Å². The fourth-order valence-corrected chi connectivity index (χ4v) is 6.38. The lowest BCUT2D eigenvalue weighted by atomic mass is 9.83. The number of hydrogen-bond donors (Lipinski definition) is 0. The van der Waals surface area contributed by atoms with Crippen LogP contribution < -0.4 is 0 Å². The van der Waals surface area contributed by atoms with Crippen molar-refractivity contribution in [3.63, 3.8) is 0 Å². The standard InChI is InChI=1S/C30H20S/c1-18-9-10-19-7-4-8-25-24(13-12-23(18)30(19)25)22-11-14-28-26(16-22)27-15-20-5-2-3-6-21(20)17-29(27)31-28/h2-11,13-17H,12H2,1H3. The number of allylic oxidation sites excluding steroid dienone is 1. The highest BCUT2D eigenvalue weighted by Gasteiger charge is 2.18. The summed E-state index contributed by atoms with van der Waals surface area (Å²) in [5.74, 6) is 0. The zero-order chi connectivity index (χ0) is 20.5. The largest absolute Gasteiger partial charge is 0.135 e. The summed E-state index contributed by atoms with van der Waals surface area (Å²) < 4.78 is 2.73. The molecule has 31 heavy (non-hydrogen) atoms. The minimum Gasteiger partial charge on any atom is -0.135 e. The normalized spacial score (nSPS) is 13.4. The smallest absolute Gasteiger partial charge is 0.0361 e. The molecular weight excluding hydrogens is 392 g/mol. The second-order valence-electron chi connectivity index (χ2n) is 8.60. The SMILES string of the molecule is Cc1ccc2cccc3c2c1CC=C3c1ccc2sc3cc4ccccc4cc3c2c1. The number of rotatable bonds is 1. The van der Waals surface area contributed by atoms with Gasteiger partial charge in [0, 0.05) is 20.2 Å². The number of hydrogen-bond acceptors (Lipinski definition) is 1. The molecular formula is C30H20S. The maximum absolute atomic E-state index is 2.43. The first-order valence-corrected chi connectivity index (χ1v) is 11.7. The Morgan fingerprint density at radius 2 is 1.48 bits per heavy atom. The minimum absolute atomic E-state index is 1.00. The van der Waals surface area contributed by atoms with Gasteiger partial charge in [0.05, 0.1) is 0 Å². The van der Waals surface area contributed by atoms with Crippen molar-refractivity contribution < 1.29 is 0 Å². The molecule has 1 aliphatic rings. The Morgan fingerprint density at radius 3 is 2.39 bits per heavy atom. The molecule has 1 heteroatoms. The molecule has 0 N–H and O–H groups in total. The molecule has 0 unspecified atom stereocenters. The maximum Gasteiger partial charge on any atom is 0.0361 e. The second-order valence-corrected chi connectivity index (χ2v) is 9.68. The van der Waals surface area contributed by atoms with Crippen LogP contribution in [-0.4, -0.2) is 0 Å². The Morgan fingerprint density at radius 1 is 0.677 bits per heavy atom. The molecule has 6 aromatic rings. The van der Waals surface area contributed by atoms with Crippen molar-refractivity contribution in [1.82, 2.24) is 0 Å². The van der Waals surface area contributed by atoms with Gasteiger partial charge in [-0.25, -0.2) is 0 Å². The predicted molar refractivity (Wildman–Crippen MR) is 136 cm³/mol. The Kier molecular flexibility index (Phi) is 3.51. The van der Waals surface area contributed by atoms with E-state index in [-0.39, 0.29) is 0 Å². The molecule has 1 aliphatic carbocycles. The van der Waals surface area contributed by atoms with E-state index in [4.69, 9.17) is 0 Å². The van der Waals surface area contributed by atoms with Crippen molar-refractivity contribution in [2.24, 2.45) is 0 Å². The van der Waals surface area contributed by atoms with Crippen molar-refractivity contribution in [2.75, 3.05) is 0 Å². The van der Waals surface area contributed by atoms with Gasteiger partial charge in [-0.1, -0.05) is 66.7 Å². The van der Waals surface area contributed by atoms with Crippen molar-refractivity contribution in [3.05, 3.63) is 113 Å². The molecule has 0 amide bonds. The third-order valence-corrected chi connectivity index (χ3v) is 7.97. The summed E-state index contributed by atoms with van der Waals surface area (Å²) in [6.45, 7) is 2.23. The molecule has 0 atom stereocenters. The van der Waals surface area contributed by atoms with Gasteiger partial charge in [0.1, 0.15) is 0 Å². The van der Waals surface area contributed by atoms with Gasteiger partial charge in [0.15, 0.2) is 0 Å². The minimum atomic E-state index is 1.00. The molecule has 0 radical (unpaired) electrons. The maximum atomic E-state index is 2.43. The van der Waals surface area contributed by atoms with E-state index in [1.54, 1.807) is 0 Å². The van der Waals surface area contributed by atoms with Gasteiger partial charge in [0.25, 0.3) is 0 Å². The summed E-state index contributed by atoms with van der Waals surface area (Å²) >= 11 is 1.90. The first-order valence-electron chi connectivity index (χ1n) is 10.8. The number of fused-ring (bicyclic) bond motifs is 4. The van der Waals surface area contributed by atoms with Crippen molar-refractivity contribution in [3.8, 4) is 0 Å². The van der Waals surface area contributed by atoms with Crippen LogP contribution in [0.2, 0.25) is 0 Å². The topological polar surface area (TPSA) is 0 Å².